The highest BCUT2D eigenvalue weighted by Gasteiger charge is 2.23. The summed E-state index contributed by atoms with van der Waals surface area (Å²) in [7, 11) is 0. The Kier molecular flexibility index (Phi) is 5.56. The molecule has 35 heavy (non-hydrogen) atoms. The van der Waals surface area contributed by atoms with Crippen LogP contribution in [0.25, 0.3) is 22.1 Å². The van der Waals surface area contributed by atoms with Crippen LogP contribution in [0.2, 0.25) is 5.02 Å². The minimum Gasteiger partial charge on any atom is -0.344 e. The molecular weight excluding hydrogens is 476 g/mol. The van der Waals surface area contributed by atoms with Crippen LogP contribution in [0.5, 0.6) is 0 Å². The first-order chi connectivity index (χ1) is 16.8. The van der Waals surface area contributed by atoms with Crippen molar-refractivity contribution in [1.29, 1.82) is 0 Å². The number of carbonyl (C=O) groups is 1. The van der Waals surface area contributed by atoms with E-state index in [2.05, 4.69) is 15.4 Å². The van der Waals surface area contributed by atoms with Gasteiger partial charge in [-0.25, -0.2) is 18.3 Å². The van der Waals surface area contributed by atoms with Gasteiger partial charge in [-0.3, -0.25) is 14.2 Å². The van der Waals surface area contributed by atoms with E-state index in [1.54, 1.807) is 56.6 Å². The number of carbonyl (C=O) groups excluding carboxylic acids is 1. The number of rotatable bonds is 4. The number of amides is 1. The highest BCUT2D eigenvalue weighted by molar-refractivity contribution is 6.35. The summed E-state index contributed by atoms with van der Waals surface area (Å²) < 4.78 is 30.5. The number of aromatic nitrogens is 4. The minimum absolute atomic E-state index is 0.0978. The summed E-state index contributed by atoms with van der Waals surface area (Å²) in [5.74, 6) is -2.59. The fourth-order valence-corrected chi connectivity index (χ4v) is 4.42. The third kappa shape index (κ3) is 3.83. The molecule has 3 heterocycles. The smallest absolute Gasteiger partial charge is 0.264 e. The number of hydrogen-bond donors (Lipinski definition) is 1. The van der Waals surface area contributed by atoms with Gasteiger partial charge in [0.15, 0.2) is 17.3 Å². The molecule has 1 amide bonds. The first-order valence-corrected chi connectivity index (χ1v) is 11.0. The normalized spacial score (nSPS) is 12.3. The predicted octanol–water partition coefficient (Wildman–Crippen LogP) is 4.76. The zero-order chi connectivity index (χ0) is 24.9. The topological polar surface area (TPSA) is 81.3 Å². The van der Waals surface area contributed by atoms with E-state index in [4.69, 9.17) is 11.6 Å². The fourth-order valence-electron chi connectivity index (χ4n) is 4.15. The van der Waals surface area contributed by atoms with Crippen molar-refractivity contribution in [3.8, 4) is 5.69 Å². The van der Waals surface area contributed by atoms with Gasteiger partial charge in [0.25, 0.3) is 11.5 Å². The van der Waals surface area contributed by atoms with Gasteiger partial charge in [-0.15, -0.1) is 0 Å². The molecule has 1 N–H and O–H groups in total. The van der Waals surface area contributed by atoms with Crippen LogP contribution in [0.3, 0.4) is 0 Å². The molecule has 3 aromatic heterocycles. The van der Waals surface area contributed by atoms with Gasteiger partial charge in [0.05, 0.1) is 27.8 Å². The van der Waals surface area contributed by atoms with Crippen molar-refractivity contribution >= 4 is 33.9 Å². The lowest BCUT2D eigenvalue weighted by molar-refractivity contribution is 0.0939. The van der Waals surface area contributed by atoms with Gasteiger partial charge in [0, 0.05) is 24.2 Å². The number of benzene rings is 2. The van der Waals surface area contributed by atoms with Crippen molar-refractivity contribution in [2.45, 2.75) is 19.9 Å². The molecule has 176 valence electrons. The molecule has 0 saturated carbocycles. The van der Waals surface area contributed by atoms with Gasteiger partial charge in [-0.2, -0.15) is 5.10 Å². The number of halogens is 3. The van der Waals surface area contributed by atoms with E-state index >= 15 is 0 Å². The molecule has 0 spiro atoms. The second-order valence-corrected chi connectivity index (χ2v) is 8.46. The SMILES string of the molecule is Cc1nn2cccnc2c1C(=O)N[C@@H](C)c1cc2cccc(Cl)c2c(=O)n1-c1ccc(F)c(F)c1. The Balaban J connectivity index is 1.66. The second-order valence-electron chi connectivity index (χ2n) is 8.06. The largest absolute Gasteiger partial charge is 0.344 e. The van der Waals surface area contributed by atoms with Crippen LogP contribution in [0.1, 0.15) is 34.7 Å². The number of nitrogens with zero attached hydrogens (tertiary/aromatic N) is 4. The average Bonchev–Trinajstić information content (AvgIpc) is 3.16. The Morgan fingerprint density at radius 1 is 1.11 bits per heavy atom. The Morgan fingerprint density at radius 2 is 1.91 bits per heavy atom. The number of aryl methyl sites for hydroxylation is 1. The molecule has 2 aromatic carbocycles. The standard InChI is InChI=1S/C25H18ClF2N5O2/c1-13(30-24(34)21-14(2)31-32-10-4-9-29-23(21)32)20-11-15-5-3-6-17(26)22(15)25(35)33(20)16-7-8-18(27)19(28)12-16/h3-13H,1-2H3,(H,30,34)/t13-/m0/s1. The Hall–Kier alpha value is -4.11. The zero-order valence-corrected chi connectivity index (χ0v) is 19.3. The third-order valence-corrected chi connectivity index (χ3v) is 6.09. The van der Waals surface area contributed by atoms with Crippen molar-refractivity contribution in [3.05, 3.63) is 105 Å². The molecule has 5 aromatic rings. The number of nitrogens with one attached hydrogen (secondary N) is 1. The van der Waals surface area contributed by atoms with E-state index in [1.165, 1.54) is 15.1 Å². The molecule has 0 unspecified atom stereocenters. The van der Waals surface area contributed by atoms with Crippen molar-refractivity contribution < 1.29 is 13.6 Å². The van der Waals surface area contributed by atoms with E-state index in [1.807, 2.05) is 0 Å². The molecule has 7 nitrogen and oxygen atoms in total. The van der Waals surface area contributed by atoms with Crippen LogP contribution in [0.15, 0.2) is 65.7 Å². The van der Waals surface area contributed by atoms with Crippen molar-refractivity contribution in [3.63, 3.8) is 0 Å². The van der Waals surface area contributed by atoms with E-state index < -0.39 is 29.1 Å². The lowest BCUT2D eigenvalue weighted by Crippen LogP contribution is -2.32. The summed E-state index contributed by atoms with van der Waals surface area (Å²) >= 11 is 6.30. The quantitative estimate of drug-likeness (QED) is 0.391. The van der Waals surface area contributed by atoms with Crippen LogP contribution in [-0.4, -0.2) is 25.1 Å². The summed E-state index contributed by atoms with van der Waals surface area (Å²) in [6.45, 7) is 3.39. The van der Waals surface area contributed by atoms with E-state index in [0.717, 1.165) is 12.1 Å². The number of pyridine rings is 1. The van der Waals surface area contributed by atoms with Crippen LogP contribution in [-0.2, 0) is 0 Å². The van der Waals surface area contributed by atoms with Gasteiger partial charge >= 0.3 is 0 Å². The Labute approximate surface area is 202 Å². The maximum absolute atomic E-state index is 14.1. The Morgan fingerprint density at radius 3 is 2.69 bits per heavy atom. The maximum Gasteiger partial charge on any atom is 0.264 e. The van der Waals surface area contributed by atoms with Crippen LogP contribution >= 0.6 is 11.6 Å². The summed E-state index contributed by atoms with van der Waals surface area (Å²) in [4.78, 5) is 31.0. The minimum atomic E-state index is -1.11. The number of hydrogen-bond acceptors (Lipinski definition) is 4. The first kappa shape index (κ1) is 22.7. The molecule has 1 atom stereocenters. The summed E-state index contributed by atoms with van der Waals surface area (Å²) in [6, 6.07) is 10.8. The predicted molar refractivity (Wildman–Crippen MR) is 128 cm³/mol. The van der Waals surface area contributed by atoms with E-state index in [-0.39, 0.29) is 16.1 Å². The van der Waals surface area contributed by atoms with Gasteiger partial charge in [-0.1, -0.05) is 23.7 Å². The van der Waals surface area contributed by atoms with Crippen LogP contribution < -0.4 is 10.9 Å². The van der Waals surface area contributed by atoms with Gasteiger partial charge < -0.3 is 5.32 Å². The molecular formula is C25H18ClF2N5O2. The van der Waals surface area contributed by atoms with E-state index in [0.29, 0.717) is 28.0 Å². The molecule has 0 aliphatic carbocycles. The molecule has 0 aliphatic heterocycles. The van der Waals surface area contributed by atoms with Crippen molar-refractivity contribution in [2.24, 2.45) is 0 Å². The third-order valence-electron chi connectivity index (χ3n) is 5.77. The lowest BCUT2D eigenvalue weighted by Gasteiger charge is -2.21. The molecule has 10 heteroatoms. The van der Waals surface area contributed by atoms with Crippen LogP contribution in [0, 0.1) is 18.6 Å². The van der Waals surface area contributed by atoms with Gasteiger partial charge in [0.2, 0.25) is 0 Å². The number of fused-ring (bicyclic) bond motifs is 2. The zero-order valence-electron chi connectivity index (χ0n) is 18.6. The van der Waals surface area contributed by atoms with Crippen LogP contribution in [0.4, 0.5) is 8.78 Å². The fraction of sp³-hybridized carbons (Fsp3) is 0.120. The Bertz CT molecular complexity index is 1700. The summed E-state index contributed by atoms with van der Waals surface area (Å²) in [6.07, 6.45) is 3.24. The maximum atomic E-state index is 14.1. The molecule has 0 fully saturated rings. The van der Waals surface area contributed by atoms with Crippen molar-refractivity contribution in [2.75, 3.05) is 0 Å². The molecule has 0 saturated heterocycles. The lowest BCUT2D eigenvalue weighted by atomic mass is 10.1. The molecule has 0 radical (unpaired) electrons. The van der Waals surface area contributed by atoms with E-state index in [9.17, 15) is 18.4 Å². The summed E-state index contributed by atoms with van der Waals surface area (Å²) in [5, 5.41) is 8.19. The van der Waals surface area contributed by atoms with Gasteiger partial charge in [0.1, 0.15) is 5.56 Å². The average molecular weight is 494 g/mol. The van der Waals surface area contributed by atoms with Crippen molar-refractivity contribution in [1.82, 2.24) is 24.5 Å². The highest BCUT2D eigenvalue weighted by Crippen LogP contribution is 2.26. The summed E-state index contributed by atoms with van der Waals surface area (Å²) in [5.41, 5.74) is 1.09. The highest BCUT2D eigenvalue weighted by atomic mass is 35.5. The molecule has 0 aliphatic rings. The second kappa shape index (κ2) is 8.59. The molecule has 0 bridgehead atoms. The first-order valence-electron chi connectivity index (χ1n) is 10.7. The molecule has 5 rings (SSSR count). The monoisotopic (exact) mass is 493 g/mol. The van der Waals surface area contributed by atoms with Gasteiger partial charge in [-0.05, 0) is 49.6 Å².